The van der Waals surface area contributed by atoms with Gasteiger partial charge in [0.1, 0.15) is 41.2 Å². The highest BCUT2D eigenvalue weighted by atomic mass is 28.4. The summed E-state index contributed by atoms with van der Waals surface area (Å²) in [6.07, 6.45) is -1.81. The largest absolute Gasteiger partial charge is 0.497 e. The minimum Gasteiger partial charge on any atom is -0.497 e. The number of nitrogens with one attached hydrogen (secondary N) is 1. The first-order chi connectivity index (χ1) is 25.2. The first-order valence-electron chi connectivity index (χ1n) is 18.6. The molecule has 54 heavy (non-hydrogen) atoms. The van der Waals surface area contributed by atoms with Gasteiger partial charge < -0.3 is 33.5 Å². The van der Waals surface area contributed by atoms with E-state index >= 15 is 0 Å². The standard InChI is InChI=1S/C42H59N3O7Si2/c1-40(2,3)53(9,10)50-28-34-37(52-54(11,12)41(4,5)6)36(46)38(51-34)45-27-26-35(43-39(45)47)44-42(29-16-14-13-15-17-29,30-18-22-32(48-7)23-19-30)31-20-24-33(49-8)25-21-31/h13-27,34,36-38,46H,28H2,1-12H3,(H,43,44,47)/t34-,36+,37-,38-/m1/s1. The maximum absolute atomic E-state index is 14.1. The van der Waals surface area contributed by atoms with Crippen LogP contribution in [0.3, 0.4) is 0 Å². The van der Waals surface area contributed by atoms with Crippen molar-refractivity contribution in [3.05, 3.63) is 118 Å². The van der Waals surface area contributed by atoms with Crippen LogP contribution in [-0.2, 0) is 19.1 Å². The van der Waals surface area contributed by atoms with Gasteiger partial charge in [-0.25, -0.2) is 4.79 Å². The second-order valence-electron chi connectivity index (χ2n) is 17.2. The molecule has 292 valence electrons. The molecule has 3 aromatic carbocycles. The predicted octanol–water partition coefficient (Wildman–Crippen LogP) is 8.34. The van der Waals surface area contributed by atoms with Gasteiger partial charge in [0.25, 0.3) is 0 Å². The Morgan fingerprint density at radius 1 is 0.759 bits per heavy atom. The molecule has 10 nitrogen and oxygen atoms in total. The third-order valence-electron chi connectivity index (χ3n) is 11.6. The maximum atomic E-state index is 14.1. The van der Waals surface area contributed by atoms with Gasteiger partial charge >= 0.3 is 5.69 Å². The van der Waals surface area contributed by atoms with Gasteiger partial charge in [-0.15, -0.1) is 0 Å². The molecule has 1 aliphatic rings. The summed E-state index contributed by atoms with van der Waals surface area (Å²) in [5.74, 6) is 1.77. The van der Waals surface area contributed by atoms with E-state index in [1.807, 2.05) is 78.9 Å². The third kappa shape index (κ3) is 8.39. The van der Waals surface area contributed by atoms with E-state index in [0.29, 0.717) is 5.82 Å². The summed E-state index contributed by atoms with van der Waals surface area (Å²) < 4.78 is 32.3. The molecule has 0 radical (unpaired) electrons. The van der Waals surface area contributed by atoms with Crippen molar-refractivity contribution in [3.63, 3.8) is 0 Å². The van der Waals surface area contributed by atoms with Gasteiger partial charge in [-0.05, 0) is 83.3 Å². The van der Waals surface area contributed by atoms with Crippen LogP contribution in [0.4, 0.5) is 5.82 Å². The fourth-order valence-corrected chi connectivity index (χ4v) is 8.55. The molecule has 2 heterocycles. The van der Waals surface area contributed by atoms with Crippen LogP contribution in [0.2, 0.25) is 36.3 Å². The van der Waals surface area contributed by atoms with Gasteiger partial charge in [0.2, 0.25) is 0 Å². The van der Waals surface area contributed by atoms with E-state index < -0.39 is 52.4 Å². The number of hydrogen-bond acceptors (Lipinski definition) is 9. The molecule has 0 amide bonds. The van der Waals surface area contributed by atoms with Crippen LogP contribution in [-0.4, -0.2) is 70.4 Å². The molecular weight excluding hydrogens is 715 g/mol. The first-order valence-corrected chi connectivity index (χ1v) is 24.4. The van der Waals surface area contributed by atoms with Crippen LogP contribution in [0, 0.1) is 0 Å². The molecule has 2 N–H and O–H groups in total. The Labute approximate surface area is 323 Å². The van der Waals surface area contributed by atoms with Crippen molar-refractivity contribution in [1.82, 2.24) is 9.55 Å². The van der Waals surface area contributed by atoms with Crippen molar-refractivity contribution in [1.29, 1.82) is 0 Å². The lowest BCUT2D eigenvalue weighted by molar-refractivity contribution is -0.0527. The lowest BCUT2D eigenvalue weighted by atomic mass is 9.77. The third-order valence-corrected chi connectivity index (χ3v) is 20.6. The van der Waals surface area contributed by atoms with Crippen LogP contribution >= 0.6 is 0 Å². The zero-order valence-corrected chi connectivity index (χ0v) is 36.0. The van der Waals surface area contributed by atoms with Crippen LogP contribution in [0.15, 0.2) is 95.9 Å². The van der Waals surface area contributed by atoms with Crippen molar-refractivity contribution < 1.29 is 28.2 Å². The van der Waals surface area contributed by atoms with Gasteiger partial charge in [0.05, 0.1) is 20.8 Å². The lowest BCUT2D eigenvalue weighted by Gasteiger charge is -2.41. The molecule has 0 aliphatic carbocycles. The van der Waals surface area contributed by atoms with Gasteiger partial charge in [0.15, 0.2) is 22.9 Å². The molecule has 1 aromatic heterocycles. The van der Waals surface area contributed by atoms with Crippen LogP contribution in [0.5, 0.6) is 11.5 Å². The summed E-state index contributed by atoms with van der Waals surface area (Å²) in [6.45, 7) is 22.0. The second kappa shape index (κ2) is 15.8. The molecule has 1 fully saturated rings. The topological polar surface area (TPSA) is 113 Å². The number of hydrogen-bond donors (Lipinski definition) is 2. The minimum absolute atomic E-state index is 0.0182. The fraction of sp³-hybridized carbons (Fsp3) is 0.476. The number of rotatable bonds is 13. The maximum Gasteiger partial charge on any atom is 0.351 e. The van der Waals surface area contributed by atoms with Gasteiger partial charge in [-0.2, -0.15) is 4.98 Å². The smallest absolute Gasteiger partial charge is 0.351 e. The minimum atomic E-state index is -2.37. The molecule has 1 saturated heterocycles. The number of benzene rings is 3. The summed E-state index contributed by atoms with van der Waals surface area (Å²) >= 11 is 0. The average Bonchev–Trinajstić information content (AvgIpc) is 3.42. The number of ether oxygens (including phenoxy) is 3. The van der Waals surface area contributed by atoms with Crippen molar-refractivity contribution in [2.24, 2.45) is 0 Å². The zero-order chi connectivity index (χ0) is 39.7. The number of aliphatic hydroxyl groups excluding tert-OH is 1. The molecule has 5 rings (SSSR count). The molecular formula is C42H59N3O7Si2. The van der Waals surface area contributed by atoms with Crippen LogP contribution in [0.1, 0.15) is 64.5 Å². The summed E-state index contributed by atoms with van der Waals surface area (Å²) in [5.41, 5.74) is 1.16. The molecule has 0 bridgehead atoms. The number of aliphatic hydroxyl groups is 1. The first kappa shape index (κ1) is 41.4. The highest BCUT2D eigenvalue weighted by Gasteiger charge is 2.51. The summed E-state index contributed by atoms with van der Waals surface area (Å²) in [6, 6.07) is 27.4. The van der Waals surface area contributed by atoms with Gasteiger partial charge in [-0.3, -0.25) is 4.57 Å². The van der Waals surface area contributed by atoms with Crippen molar-refractivity contribution >= 4 is 22.5 Å². The normalized spacial score (nSPS) is 19.8. The van der Waals surface area contributed by atoms with Crippen molar-refractivity contribution in [3.8, 4) is 11.5 Å². The van der Waals surface area contributed by atoms with E-state index in [1.54, 1.807) is 26.5 Å². The zero-order valence-electron chi connectivity index (χ0n) is 34.0. The highest BCUT2D eigenvalue weighted by molar-refractivity contribution is 6.74. The highest BCUT2D eigenvalue weighted by Crippen LogP contribution is 2.44. The molecule has 4 aromatic rings. The van der Waals surface area contributed by atoms with Gasteiger partial charge in [0, 0.05) is 6.20 Å². The molecule has 12 heteroatoms. The van der Waals surface area contributed by atoms with E-state index in [9.17, 15) is 9.90 Å². The Bertz CT molecular complexity index is 1860. The van der Waals surface area contributed by atoms with Gasteiger partial charge in [-0.1, -0.05) is 96.1 Å². The Morgan fingerprint density at radius 2 is 1.26 bits per heavy atom. The van der Waals surface area contributed by atoms with E-state index in [4.69, 9.17) is 23.1 Å². The lowest BCUT2D eigenvalue weighted by Crippen LogP contribution is -2.51. The van der Waals surface area contributed by atoms with E-state index in [1.165, 1.54) is 4.57 Å². The summed E-state index contributed by atoms with van der Waals surface area (Å²) in [4.78, 5) is 18.6. The summed E-state index contributed by atoms with van der Waals surface area (Å²) in [7, 11) is -1.26. The Hall–Kier alpha value is -3.79. The van der Waals surface area contributed by atoms with Crippen molar-refractivity contribution in [2.45, 2.75) is 108 Å². The number of methoxy groups -OCH3 is 2. The Balaban J connectivity index is 1.55. The van der Waals surface area contributed by atoms with Crippen LogP contribution < -0.4 is 20.5 Å². The Kier molecular flexibility index (Phi) is 12.1. The van der Waals surface area contributed by atoms with Crippen LogP contribution in [0.25, 0.3) is 0 Å². The molecule has 1 aliphatic heterocycles. The quantitative estimate of drug-likeness (QED) is 0.102. The Morgan fingerprint density at radius 3 is 1.72 bits per heavy atom. The van der Waals surface area contributed by atoms with E-state index in [0.717, 1.165) is 28.2 Å². The fourth-order valence-electron chi connectivity index (χ4n) is 6.21. The molecule has 4 atom stereocenters. The molecule has 0 unspecified atom stereocenters. The summed E-state index contributed by atoms with van der Waals surface area (Å²) in [5, 5.41) is 15.4. The monoisotopic (exact) mass is 773 g/mol. The van der Waals surface area contributed by atoms with E-state index in [2.05, 4.69) is 78.0 Å². The second-order valence-corrected chi connectivity index (χ2v) is 26.7. The predicted molar refractivity (Wildman–Crippen MR) is 220 cm³/mol. The SMILES string of the molecule is COc1ccc(C(Nc2ccn([C@@H]3O[C@H](CO[Si](C)(C)C(C)(C)C)[C@@H](O[Si](C)(C)C(C)(C)C)[C@@H]3O)c(=O)n2)(c2ccccc2)c2ccc(OC)cc2)cc1. The number of aromatic nitrogens is 2. The average molecular weight is 774 g/mol. The molecule has 0 spiro atoms. The number of anilines is 1. The molecule has 0 saturated carbocycles. The van der Waals surface area contributed by atoms with Crippen molar-refractivity contribution in [2.75, 3.05) is 26.1 Å². The number of nitrogens with zero attached hydrogens (tertiary/aromatic N) is 2. The van der Waals surface area contributed by atoms with E-state index in [-0.39, 0.29) is 16.7 Å².